The number of hydrogen-bond donors (Lipinski definition) is 0. The summed E-state index contributed by atoms with van der Waals surface area (Å²) in [5.41, 5.74) is 3.31. The molecule has 0 aromatic carbocycles. The van der Waals surface area contributed by atoms with E-state index >= 15 is 0 Å². The second kappa shape index (κ2) is 7.80. The molecular weight excluding hydrogens is 340 g/mol. The van der Waals surface area contributed by atoms with Gasteiger partial charge in [0.25, 0.3) is 0 Å². The lowest BCUT2D eigenvalue weighted by Crippen LogP contribution is -2.47. The molecule has 3 fully saturated rings. The first-order chi connectivity index (χ1) is 13.1. The summed E-state index contributed by atoms with van der Waals surface area (Å²) in [6, 6.07) is 4.30. The van der Waals surface area contributed by atoms with Gasteiger partial charge in [0.1, 0.15) is 5.76 Å². The lowest BCUT2D eigenvalue weighted by atomic mass is 9.94. The Balaban J connectivity index is 1.39. The smallest absolute Gasteiger partial charge is 0.223 e. The van der Waals surface area contributed by atoms with Crippen LogP contribution in [0.2, 0.25) is 0 Å². The number of carbonyl (C=O) groups is 1. The molecule has 0 radical (unpaired) electrons. The van der Waals surface area contributed by atoms with E-state index in [2.05, 4.69) is 19.9 Å². The maximum absolute atomic E-state index is 12.9. The van der Waals surface area contributed by atoms with Gasteiger partial charge in [-0.25, -0.2) is 0 Å². The maximum atomic E-state index is 12.9. The van der Waals surface area contributed by atoms with E-state index in [0.717, 1.165) is 56.0 Å². The molecule has 1 amide bonds. The molecule has 27 heavy (non-hydrogen) atoms. The highest BCUT2D eigenvalue weighted by molar-refractivity contribution is 5.77. The Labute approximate surface area is 160 Å². The number of aromatic nitrogens is 2. The number of piperidine rings is 1. The molecule has 2 aromatic heterocycles. The first kappa shape index (κ1) is 18.2. The number of fused-ring (bicyclic) bond motifs is 4. The summed E-state index contributed by atoms with van der Waals surface area (Å²) in [5.74, 6) is 1.76. The Morgan fingerprint density at radius 2 is 2.15 bits per heavy atom. The number of hydrogen-bond acceptors (Lipinski definition) is 5. The minimum absolute atomic E-state index is 0.285. The highest BCUT2D eigenvalue weighted by atomic mass is 16.5. The Kier molecular flexibility index (Phi) is 5.25. The molecule has 2 atom stereocenters. The molecule has 3 aliphatic heterocycles. The summed E-state index contributed by atoms with van der Waals surface area (Å²) in [6.45, 7) is 7.75. The zero-order valence-electron chi connectivity index (χ0n) is 16.2. The van der Waals surface area contributed by atoms with E-state index < -0.39 is 0 Å². The highest BCUT2D eigenvalue weighted by Gasteiger charge is 2.37. The number of rotatable bonds is 5. The van der Waals surface area contributed by atoms with E-state index in [1.54, 1.807) is 6.20 Å². The van der Waals surface area contributed by atoms with E-state index in [-0.39, 0.29) is 5.91 Å². The molecule has 2 bridgehead atoms. The predicted octanol–water partition coefficient (Wildman–Crippen LogP) is 2.74. The van der Waals surface area contributed by atoms with Gasteiger partial charge in [0, 0.05) is 56.6 Å². The average Bonchev–Trinajstić information content (AvgIpc) is 2.86. The molecular formula is C21H28N4O2. The van der Waals surface area contributed by atoms with Crippen LogP contribution in [0.15, 0.2) is 29.0 Å². The zero-order valence-corrected chi connectivity index (χ0v) is 16.2. The van der Waals surface area contributed by atoms with Crippen LogP contribution in [-0.2, 0) is 17.8 Å². The monoisotopic (exact) mass is 368 g/mol. The van der Waals surface area contributed by atoms with Crippen molar-refractivity contribution < 1.29 is 9.32 Å². The predicted molar refractivity (Wildman–Crippen MR) is 102 cm³/mol. The summed E-state index contributed by atoms with van der Waals surface area (Å²) in [6.07, 6.45) is 7.29. The fourth-order valence-electron chi connectivity index (χ4n) is 4.51. The van der Waals surface area contributed by atoms with Crippen molar-refractivity contribution in [3.05, 3.63) is 47.1 Å². The number of carbonyl (C=O) groups excluding carboxylic acids is 1. The molecule has 6 heteroatoms. The van der Waals surface area contributed by atoms with E-state index in [0.29, 0.717) is 18.4 Å². The van der Waals surface area contributed by atoms with E-state index in [1.165, 1.54) is 12.0 Å². The second-order valence-corrected chi connectivity index (χ2v) is 8.00. The summed E-state index contributed by atoms with van der Waals surface area (Å²) in [7, 11) is 0. The van der Waals surface area contributed by atoms with E-state index in [9.17, 15) is 4.79 Å². The molecule has 0 saturated carbocycles. The van der Waals surface area contributed by atoms with Gasteiger partial charge in [-0.3, -0.25) is 14.7 Å². The van der Waals surface area contributed by atoms with Crippen LogP contribution in [0, 0.1) is 19.8 Å². The molecule has 5 heterocycles. The third-order valence-corrected chi connectivity index (χ3v) is 6.02. The van der Waals surface area contributed by atoms with Crippen LogP contribution >= 0.6 is 0 Å². The molecule has 0 aliphatic carbocycles. The topological polar surface area (TPSA) is 62.5 Å². The fourth-order valence-corrected chi connectivity index (χ4v) is 4.51. The quantitative estimate of drug-likeness (QED) is 0.812. The molecule has 3 aliphatic rings. The van der Waals surface area contributed by atoms with Gasteiger partial charge in [0.2, 0.25) is 5.91 Å². The molecule has 0 N–H and O–H groups in total. The molecule has 6 nitrogen and oxygen atoms in total. The van der Waals surface area contributed by atoms with Crippen molar-refractivity contribution >= 4 is 5.91 Å². The lowest BCUT2D eigenvalue weighted by molar-refractivity contribution is -0.135. The van der Waals surface area contributed by atoms with Gasteiger partial charge in [-0.05, 0) is 50.7 Å². The van der Waals surface area contributed by atoms with Crippen LogP contribution in [0.3, 0.4) is 0 Å². The van der Waals surface area contributed by atoms with Crippen molar-refractivity contribution in [1.82, 2.24) is 19.9 Å². The van der Waals surface area contributed by atoms with Crippen LogP contribution < -0.4 is 0 Å². The first-order valence-electron chi connectivity index (χ1n) is 9.92. The molecule has 2 aromatic rings. The van der Waals surface area contributed by atoms with Crippen molar-refractivity contribution in [3.8, 4) is 0 Å². The molecule has 3 saturated heterocycles. The third-order valence-electron chi connectivity index (χ3n) is 6.02. The van der Waals surface area contributed by atoms with Gasteiger partial charge in [-0.15, -0.1) is 0 Å². The van der Waals surface area contributed by atoms with Gasteiger partial charge in [0.15, 0.2) is 0 Å². The molecule has 0 unspecified atom stereocenters. The van der Waals surface area contributed by atoms with Gasteiger partial charge in [0.05, 0.1) is 5.69 Å². The minimum atomic E-state index is 0.285. The number of aryl methyl sites for hydroxylation is 3. The highest BCUT2D eigenvalue weighted by Crippen LogP contribution is 2.30. The van der Waals surface area contributed by atoms with Gasteiger partial charge < -0.3 is 9.42 Å². The van der Waals surface area contributed by atoms with Crippen molar-refractivity contribution in [2.45, 2.75) is 52.1 Å². The van der Waals surface area contributed by atoms with E-state index in [4.69, 9.17) is 4.52 Å². The Hall–Kier alpha value is -2.21. The number of amides is 1. The summed E-state index contributed by atoms with van der Waals surface area (Å²) >= 11 is 0. The Bertz CT molecular complexity index is 769. The Morgan fingerprint density at radius 1 is 1.26 bits per heavy atom. The fraction of sp³-hybridized carbons (Fsp3) is 0.571. The normalized spacial score (nSPS) is 22.8. The first-order valence-corrected chi connectivity index (χ1v) is 9.92. The molecule has 0 spiro atoms. The van der Waals surface area contributed by atoms with Gasteiger partial charge >= 0.3 is 0 Å². The van der Waals surface area contributed by atoms with Crippen molar-refractivity contribution in [2.24, 2.45) is 5.92 Å². The maximum Gasteiger partial charge on any atom is 0.223 e. The van der Waals surface area contributed by atoms with Crippen molar-refractivity contribution in [2.75, 3.05) is 19.6 Å². The number of nitrogens with zero attached hydrogens (tertiary/aromatic N) is 4. The lowest BCUT2D eigenvalue weighted by Gasteiger charge is -2.36. The third kappa shape index (κ3) is 4.05. The van der Waals surface area contributed by atoms with Crippen LogP contribution in [0.4, 0.5) is 0 Å². The zero-order chi connectivity index (χ0) is 18.8. The minimum Gasteiger partial charge on any atom is -0.361 e. The van der Waals surface area contributed by atoms with Crippen LogP contribution in [-0.4, -0.2) is 51.5 Å². The SMILES string of the molecule is Cc1noc(C)c1CN1C[C@H]2CC[C@@H](C1)N(C(=O)CCc1cccnc1)C2. The molecule has 144 valence electrons. The average molecular weight is 368 g/mol. The van der Waals surface area contributed by atoms with E-state index in [1.807, 2.05) is 32.2 Å². The van der Waals surface area contributed by atoms with Crippen LogP contribution in [0.5, 0.6) is 0 Å². The standard InChI is InChI=1S/C21H28N4O2/c1-15-20(16(2)27-23-15)14-24-11-18-5-7-19(13-24)25(12-18)21(26)8-6-17-4-3-9-22-10-17/h3-4,9-10,18-19H,5-8,11-14H2,1-2H3/t18-,19+/m1/s1. The van der Waals surface area contributed by atoms with Crippen molar-refractivity contribution in [1.29, 1.82) is 0 Å². The molecule has 5 rings (SSSR count). The van der Waals surface area contributed by atoms with Crippen LogP contribution in [0.1, 0.15) is 41.8 Å². The van der Waals surface area contributed by atoms with Crippen LogP contribution in [0.25, 0.3) is 0 Å². The van der Waals surface area contributed by atoms with Gasteiger partial charge in [-0.2, -0.15) is 0 Å². The number of pyridine rings is 1. The summed E-state index contributed by atoms with van der Waals surface area (Å²) in [5, 5.41) is 4.08. The summed E-state index contributed by atoms with van der Waals surface area (Å²) < 4.78 is 5.32. The van der Waals surface area contributed by atoms with Crippen molar-refractivity contribution in [3.63, 3.8) is 0 Å². The van der Waals surface area contributed by atoms with Gasteiger partial charge in [-0.1, -0.05) is 11.2 Å². The Morgan fingerprint density at radius 3 is 2.89 bits per heavy atom. The largest absolute Gasteiger partial charge is 0.361 e. The second-order valence-electron chi connectivity index (χ2n) is 8.00. The summed E-state index contributed by atoms with van der Waals surface area (Å²) in [4.78, 5) is 21.7.